The van der Waals surface area contributed by atoms with E-state index in [4.69, 9.17) is 32.7 Å². The average Bonchev–Trinajstić information content (AvgIpc) is 2.63. The second-order valence-corrected chi connectivity index (χ2v) is 6.91. The monoisotopic (exact) mass is 370 g/mol. The first-order valence-electron chi connectivity index (χ1n) is 8.96. The number of halogens is 2. The van der Waals surface area contributed by atoms with Gasteiger partial charge in [0.1, 0.15) is 5.76 Å². The second kappa shape index (κ2) is 10.3. The Labute approximate surface area is 156 Å². The summed E-state index contributed by atoms with van der Waals surface area (Å²) in [5.41, 5.74) is 2.16. The van der Waals surface area contributed by atoms with E-state index in [-0.39, 0.29) is 5.60 Å². The van der Waals surface area contributed by atoms with E-state index in [1.165, 1.54) is 5.56 Å². The molecule has 1 aromatic carbocycles. The standard InChI is InChI=1S/C20H28Cl2O2/c1-2-20(24-16-8-6-14-22)12-11-19(23-15-7-5-13-21)17-9-3-4-10-18(17)20/h3-4,9-11H,2,5-8,12-16H2,1H3. The number of rotatable bonds is 11. The summed E-state index contributed by atoms with van der Waals surface area (Å²) >= 11 is 11.5. The van der Waals surface area contributed by atoms with Gasteiger partial charge in [0.2, 0.25) is 0 Å². The molecule has 0 saturated heterocycles. The third-order valence-corrected chi connectivity index (χ3v) is 5.10. The molecule has 1 aliphatic rings. The molecule has 2 nitrogen and oxygen atoms in total. The summed E-state index contributed by atoms with van der Waals surface area (Å²) in [6, 6.07) is 8.46. The molecule has 0 radical (unpaired) electrons. The van der Waals surface area contributed by atoms with Crippen LogP contribution in [0.25, 0.3) is 5.76 Å². The Morgan fingerprint density at radius 2 is 1.71 bits per heavy atom. The molecule has 0 aliphatic heterocycles. The predicted molar refractivity (Wildman–Crippen MR) is 103 cm³/mol. The van der Waals surface area contributed by atoms with Crippen LogP contribution in [0.1, 0.15) is 56.6 Å². The molecule has 1 aliphatic carbocycles. The van der Waals surface area contributed by atoms with Gasteiger partial charge < -0.3 is 9.47 Å². The van der Waals surface area contributed by atoms with Gasteiger partial charge in [-0.1, -0.05) is 31.2 Å². The van der Waals surface area contributed by atoms with Crippen molar-refractivity contribution >= 4 is 29.0 Å². The van der Waals surface area contributed by atoms with Crippen LogP contribution in [0.3, 0.4) is 0 Å². The number of hydrogen-bond donors (Lipinski definition) is 0. The minimum atomic E-state index is -0.244. The van der Waals surface area contributed by atoms with Crippen LogP contribution in [0.5, 0.6) is 0 Å². The lowest BCUT2D eigenvalue weighted by atomic mass is 9.80. The van der Waals surface area contributed by atoms with E-state index < -0.39 is 0 Å². The van der Waals surface area contributed by atoms with Gasteiger partial charge in [-0.3, -0.25) is 0 Å². The molecule has 0 heterocycles. The molecule has 0 saturated carbocycles. The molecule has 0 amide bonds. The van der Waals surface area contributed by atoms with Crippen LogP contribution in [0.15, 0.2) is 30.3 Å². The smallest absolute Gasteiger partial charge is 0.123 e. The van der Waals surface area contributed by atoms with Gasteiger partial charge in [0.25, 0.3) is 0 Å². The fourth-order valence-corrected chi connectivity index (χ4v) is 3.50. The van der Waals surface area contributed by atoms with E-state index in [0.29, 0.717) is 18.4 Å². The highest BCUT2D eigenvalue weighted by molar-refractivity contribution is 6.18. The number of benzene rings is 1. The van der Waals surface area contributed by atoms with E-state index >= 15 is 0 Å². The lowest BCUT2D eigenvalue weighted by Crippen LogP contribution is -2.32. The predicted octanol–water partition coefficient (Wildman–Crippen LogP) is 6.11. The van der Waals surface area contributed by atoms with Crippen LogP contribution >= 0.6 is 23.2 Å². The fraction of sp³-hybridized carbons (Fsp3) is 0.600. The SMILES string of the molecule is CCC1(OCCCCCl)CC=C(OCCCCCl)c2ccccc21. The molecule has 1 unspecified atom stereocenters. The maximum absolute atomic E-state index is 6.36. The Hall–Kier alpha value is -0.700. The molecule has 0 N–H and O–H groups in total. The largest absolute Gasteiger partial charge is 0.493 e. The number of ether oxygens (including phenoxy) is 2. The van der Waals surface area contributed by atoms with Crippen LogP contribution in [-0.4, -0.2) is 25.0 Å². The van der Waals surface area contributed by atoms with Crippen molar-refractivity contribution < 1.29 is 9.47 Å². The zero-order chi connectivity index (χ0) is 17.3. The van der Waals surface area contributed by atoms with Crippen LogP contribution in [-0.2, 0) is 15.1 Å². The number of hydrogen-bond acceptors (Lipinski definition) is 2. The molecule has 1 aromatic rings. The molecule has 0 bridgehead atoms. The van der Waals surface area contributed by atoms with Gasteiger partial charge in [0, 0.05) is 30.4 Å². The second-order valence-electron chi connectivity index (χ2n) is 6.16. The molecule has 1 atom stereocenters. The summed E-state index contributed by atoms with van der Waals surface area (Å²) in [6.07, 6.45) is 7.95. The third kappa shape index (κ3) is 4.91. The normalized spacial score (nSPS) is 19.7. The first-order valence-corrected chi connectivity index (χ1v) is 10.0. The lowest BCUT2D eigenvalue weighted by molar-refractivity contribution is -0.0548. The lowest BCUT2D eigenvalue weighted by Gasteiger charge is -2.37. The Kier molecular flexibility index (Phi) is 8.44. The first kappa shape index (κ1) is 19.6. The van der Waals surface area contributed by atoms with E-state index in [2.05, 4.69) is 37.3 Å². The van der Waals surface area contributed by atoms with E-state index in [1.807, 2.05) is 0 Å². The Morgan fingerprint density at radius 3 is 2.42 bits per heavy atom. The van der Waals surface area contributed by atoms with E-state index in [0.717, 1.165) is 56.5 Å². The minimum absolute atomic E-state index is 0.244. The Morgan fingerprint density at radius 1 is 1.00 bits per heavy atom. The van der Waals surface area contributed by atoms with Crippen molar-refractivity contribution in [2.45, 2.75) is 51.0 Å². The van der Waals surface area contributed by atoms with Crippen LogP contribution < -0.4 is 0 Å². The minimum Gasteiger partial charge on any atom is -0.493 e. The number of fused-ring (bicyclic) bond motifs is 1. The van der Waals surface area contributed by atoms with Gasteiger partial charge in [0.15, 0.2) is 0 Å². The van der Waals surface area contributed by atoms with Crippen molar-refractivity contribution in [3.63, 3.8) is 0 Å². The third-order valence-electron chi connectivity index (χ3n) is 4.56. The van der Waals surface area contributed by atoms with Crippen LogP contribution in [0.2, 0.25) is 0 Å². The maximum atomic E-state index is 6.36. The van der Waals surface area contributed by atoms with Crippen molar-refractivity contribution in [1.82, 2.24) is 0 Å². The zero-order valence-electron chi connectivity index (χ0n) is 14.5. The molecular weight excluding hydrogens is 343 g/mol. The molecule has 2 rings (SSSR count). The maximum Gasteiger partial charge on any atom is 0.123 e. The van der Waals surface area contributed by atoms with Gasteiger partial charge in [-0.25, -0.2) is 0 Å². The van der Waals surface area contributed by atoms with Crippen molar-refractivity contribution in [3.8, 4) is 0 Å². The highest BCUT2D eigenvalue weighted by Gasteiger charge is 2.36. The molecule has 0 fully saturated rings. The van der Waals surface area contributed by atoms with E-state index in [9.17, 15) is 0 Å². The summed E-state index contributed by atoms with van der Waals surface area (Å²) in [5.74, 6) is 2.36. The molecule has 0 spiro atoms. The number of unbranched alkanes of at least 4 members (excludes halogenated alkanes) is 2. The fourth-order valence-electron chi connectivity index (χ4n) is 3.13. The highest BCUT2D eigenvalue weighted by Crippen LogP contribution is 2.42. The average molecular weight is 371 g/mol. The Balaban J connectivity index is 2.12. The van der Waals surface area contributed by atoms with E-state index in [1.54, 1.807) is 0 Å². The molecule has 134 valence electrons. The molecule has 4 heteroatoms. The van der Waals surface area contributed by atoms with Gasteiger partial charge in [0.05, 0.1) is 12.2 Å². The van der Waals surface area contributed by atoms with Crippen molar-refractivity contribution in [2.24, 2.45) is 0 Å². The van der Waals surface area contributed by atoms with Crippen molar-refractivity contribution in [1.29, 1.82) is 0 Å². The quantitative estimate of drug-likeness (QED) is 0.345. The summed E-state index contributed by atoms with van der Waals surface area (Å²) in [5, 5.41) is 0. The molecular formula is C20H28Cl2O2. The zero-order valence-corrected chi connectivity index (χ0v) is 16.0. The van der Waals surface area contributed by atoms with Crippen LogP contribution in [0, 0.1) is 0 Å². The summed E-state index contributed by atoms with van der Waals surface area (Å²) in [4.78, 5) is 0. The number of alkyl halides is 2. The van der Waals surface area contributed by atoms with Gasteiger partial charge in [-0.15, -0.1) is 23.2 Å². The first-order chi connectivity index (χ1) is 11.8. The topological polar surface area (TPSA) is 18.5 Å². The summed E-state index contributed by atoms with van der Waals surface area (Å²) in [7, 11) is 0. The highest BCUT2D eigenvalue weighted by atomic mass is 35.5. The summed E-state index contributed by atoms with van der Waals surface area (Å²) < 4.78 is 12.4. The van der Waals surface area contributed by atoms with Gasteiger partial charge in [-0.2, -0.15) is 0 Å². The van der Waals surface area contributed by atoms with Gasteiger partial charge >= 0.3 is 0 Å². The van der Waals surface area contributed by atoms with Crippen molar-refractivity contribution in [3.05, 3.63) is 41.5 Å². The van der Waals surface area contributed by atoms with Gasteiger partial charge in [-0.05, 0) is 43.7 Å². The molecule has 24 heavy (non-hydrogen) atoms. The molecule has 0 aromatic heterocycles. The van der Waals surface area contributed by atoms with Crippen LogP contribution in [0.4, 0.5) is 0 Å². The Bertz CT molecular complexity index is 530. The van der Waals surface area contributed by atoms with Crippen molar-refractivity contribution in [2.75, 3.05) is 25.0 Å². The summed E-state index contributed by atoms with van der Waals surface area (Å²) in [6.45, 7) is 3.65.